The van der Waals surface area contributed by atoms with Gasteiger partial charge in [0, 0.05) is 38.2 Å². The summed E-state index contributed by atoms with van der Waals surface area (Å²) in [6, 6.07) is 13.8. The lowest BCUT2D eigenvalue weighted by molar-refractivity contribution is -0.138. The number of carbonyl (C=O) groups excluding carboxylic acids is 4. The Labute approximate surface area is 253 Å². The van der Waals surface area contributed by atoms with Crippen molar-refractivity contribution in [3.8, 4) is 5.75 Å². The van der Waals surface area contributed by atoms with Crippen molar-refractivity contribution < 1.29 is 29.0 Å². The van der Waals surface area contributed by atoms with Crippen molar-refractivity contribution in [3.63, 3.8) is 0 Å². The van der Waals surface area contributed by atoms with Gasteiger partial charge in [-0.05, 0) is 69.4 Å². The van der Waals surface area contributed by atoms with Crippen molar-refractivity contribution in [2.24, 2.45) is 5.92 Å². The molecule has 1 aliphatic carbocycles. The van der Waals surface area contributed by atoms with E-state index in [1.165, 1.54) is 0 Å². The van der Waals surface area contributed by atoms with Crippen molar-refractivity contribution in [3.05, 3.63) is 65.7 Å². The first-order chi connectivity index (χ1) is 20.5. The summed E-state index contributed by atoms with van der Waals surface area (Å²) in [5, 5.41) is 15.5. The number of carbonyl (C=O) groups is 4. The number of piperazine rings is 1. The van der Waals surface area contributed by atoms with Crippen molar-refractivity contribution >= 4 is 23.8 Å². The average Bonchev–Trinajstić information content (AvgIpc) is 3.00. The van der Waals surface area contributed by atoms with Crippen molar-refractivity contribution in [1.29, 1.82) is 0 Å². The number of hydrogen-bond donors (Lipinski definition) is 3. The van der Waals surface area contributed by atoms with Crippen LogP contribution in [0.25, 0.3) is 0 Å². The van der Waals surface area contributed by atoms with Crippen molar-refractivity contribution in [1.82, 2.24) is 20.4 Å². The molecule has 2 aromatic carbocycles. The summed E-state index contributed by atoms with van der Waals surface area (Å²) < 4.78 is 5.46. The van der Waals surface area contributed by atoms with Gasteiger partial charge in [0.25, 0.3) is 5.91 Å². The SMILES string of the molecule is CC(C)(C)OC(=O)NC(C(=O)NC(Cc1ccc(O)cc1)C(=O)N1CCN(C(=O)c2ccccc2)CC1)C1CCCCC1. The zero-order valence-electron chi connectivity index (χ0n) is 25.4. The molecular weight excluding hydrogens is 548 g/mol. The third kappa shape index (κ3) is 9.20. The minimum Gasteiger partial charge on any atom is -0.508 e. The van der Waals surface area contributed by atoms with Crippen LogP contribution in [-0.4, -0.2) is 82.6 Å². The maximum absolute atomic E-state index is 13.9. The van der Waals surface area contributed by atoms with E-state index in [0.717, 1.165) is 37.7 Å². The van der Waals surface area contributed by atoms with E-state index in [1.54, 1.807) is 67.0 Å². The molecule has 0 bridgehead atoms. The summed E-state index contributed by atoms with van der Waals surface area (Å²) in [6.45, 7) is 6.73. The molecule has 0 aromatic heterocycles. The van der Waals surface area contributed by atoms with Gasteiger partial charge in [-0.1, -0.05) is 49.6 Å². The Hall–Kier alpha value is -4.08. The highest BCUT2D eigenvalue weighted by Crippen LogP contribution is 2.27. The molecule has 1 saturated heterocycles. The van der Waals surface area contributed by atoms with Crippen LogP contribution < -0.4 is 10.6 Å². The van der Waals surface area contributed by atoms with Gasteiger partial charge in [0.2, 0.25) is 11.8 Å². The maximum atomic E-state index is 13.9. The third-order valence-corrected chi connectivity index (χ3v) is 7.97. The summed E-state index contributed by atoms with van der Waals surface area (Å²) in [6.07, 6.45) is 4.14. The minimum atomic E-state index is -0.903. The van der Waals surface area contributed by atoms with Crippen LogP contribution in [0.4, 0.5) is 4.79 Å². The standard InChI is InChI=1S/C33H44N4O6/c1-33(2,3)43-32(42)35-28(24-10-6-4-7-11-24)29(39)34-27(22-23-14-16-26(38)17-15-23)31(41)37-20-18-36(19-21-37)30(40)25-12-8-5-9-13-25/h5,8-9,12-17,24,27-28,38H,4,6-7,10-11,18-22H2,1-3H3,(H,34,39)(H,35,42). The second-order valence-electron chi connectivity index (χ2n) is 12.4. The van der Waals surface area contributed by atoms with Crippen LogP contribution >= 0.6 is 0 Å². The first-order valence-electron chi connectivity index (χ1n) is 15.2. The monoisotopic (exact) mass is 592 g/mol. The fourth-order valence-corrected chi connectivity index (χ4v) is 5.74. The van der Waals surface area contributed by atoms with Crippen LogP contribution in [0, 0.1) is 5.92 Å². The summed E-state index contributed by atoms with van der Waals surface area (Å²) in [5.41, 5.74) is 0.647. The molecule has 1 aliphatic heterocycles. The van der Waals surface area contributed by atoms with Crippen molar-refractivity contribution in [2.45, 2.75) is 77.0 Å². The molecule has 4 amide bonds. The number of amides is 4. The lowest BCUT2D eigenvalue weighted by Gasteiger charge is -2.37. The predicted octanol–water partition coefficient (Wildman–Crippen LogP) is 3.88. The Kier molecular flexibility index (Phi) is 10.7. The Balaban J connectivity index is 1.49. The Morgan fingerprint density at radius 1 is 0.860 bits per heavy atom. The van der Waals surface area contributed by atoms with Crippen molar-refractivity contribution in [2.75, 3.05) is 26.2 Å². The maximum Gasteiger partial charge on any atom is 0.408 e. The van der Waals surface area contributed by atoms with Crippen LogP contribution in [0.2, 0.25) is 0 Å². The Morgan fingerprint density at radius 2 is 1.47 bits per heavy atom. The van der Waals surface area contributed by atoms with Gasteiger partial charge in [0.1, 0.15) is 23.4 Å². The summed E-state index contributed by atoms with van der Waals surface area (Å²) in [4.78, 5) is 56.8. The van der Waals surface area contributed by atoms with E-state index in [2.05, 4.69) is 10.6 Å². The molecule has 232 valence electrons. The number of phenolic OH excluding ortho intramolecular Hbond substituents is 1. The van der Waals surface area contributed by atoms with Gasteiger partial charge in [-0.2, -0.15) is 0 Å². The number of phenols is 1. The second-order valence-corrected chi connectivity index (χ2v) is 12.4. The molecule has 2 unspecified atom stereocenters. The number of hydrogen-bond acceptors (Lipinski definition) is 6. The second kappa shape index (κ2) is 14.4. The van der Waals surface area contributed by atoms with Crippen LogP contribution in [0.1, 0.15) is 68.8 Å². The molecule has 2 fully saturated rings. The minimum absolute atomic E-state index is 0.0711. The molecule has 10 nitrogen and oxygen atoms in total. The number of nitrogens with one attached hydrogen (secondary N) is 2. The molecule has 0 spiro atoms. The van der Waals surface area contributed by atoms with Gasteiger partial charge in [0.15, 0.2) is 0 Å². The Bertz CT molecular complexity index is 1250. The van der Waals surface area contributed by atoms with E-state index in [9.17, 15) is 24.3 Å². The lowest BCUT2D eigenvalue weighted by Crippen LogP contribution is -2.59. The highest BCUT2D eigenvalue weighted by Gasteiger charge is 2.36. The van der Waals surface area contributed by atoms with E-state index in [0.29, 0.717) is 31.7 Å². The van der Waals surface area contributed by atoms with Crippen LogP contribution in [-0.2, 0) is 20.7 Å². The number of alkyl carbamates (subject to hydrolysis) is 1. The molecule has 43 heavy (non-hydrogen) atoms. The molecule has 2 aromatic rings. The molecule has 3 N–H and O–H groups in total. The third-order valence-electron chi connectivity index (χ3n) is 7.97. The quantitative estimate of drug-likeness (QED) is 0.427. The average molecular weight is 593 g/mol. The lowest BCUT2D eigenvalue weighted by atomic mass is 9.83. The highest BCUT2D eigenvalue weighted by atomic mass is 16.6. The summed E-state index contributed by atoms with van der Waals surface area (Å²) >= 11 is 0. The molecule has 1 saturated carbocycles. The number of aromatic hydroxyl groups is 1. The summed E-state index contributed by atoms with van der Waals surface area (Å²) in [5.74, 6) is -0.724. The van der Waals surface area contributed by atoms with Crippen LogP contribution in [0.3, 0.4) is 0 Å². The smallest absolute Gasteiger partial charge is 0.408 e. The van der Waals surface area contributed by atoms with Crippen LogP contribution in [0.5, 0.6) is 5.75 Å². The van der Waals surface area contributed by atoms with Crippen LogP contribution in [0.15, 0.2) is 54.6 Å². The molecule has 2 atom stereocenters. The van der Waals surface area contributed by atoms with Gasteiger partial charge < -0.3 is 30.3 Å². The zero-order valence-corrected chi connectivity index (χ0v) is 25.4. The summed E-state index contributed by atoms with van der Waals surface area (Å²) in [7, 11) is 0. The van der Waals surface area contributed by atoms with E-state index in [1.807, 2.05) is 18.2 Å². The number of rotatable bonds is 8. The van der Waals surface area contributed by atoms with E-state index in [4.69, 9.17) is 4.74 Å². The predicted molar refractivity (Wildman–Crippen MR) is 162 cm³/mol. The topological polar surface area (TPSA) is 128 Å². The number of ether oxygens (including phenoxy) is 1. The first kappa shape index (κ1) is 31.8. The van der Waals surface area contributed by atoms with Gasteiger partial charge in [-0.25, -0.2) is 4.79 Å². The fourth-order valence-electron chi connectivity index (χ4n) is 5.74. The largest absolute Gasteiger partial charge is 0.508 e. The normalized spacial score (nSPS) is 17.5. The van der Waals surface area contributed by atoms with Gasteiger partial charge in [-0.15, -0.1) is 0 Å². The van der Waals surface area contributed by atoms with Gasteiger partial charge in [-0.3, -0.25) is 14.4 Å². The van der Waals surface area contributed by atoms with Gasteiger partial charge >= 0.3 is 6.09 Å². The van der Waals surface area contributed by atoms with Gasteiger partial charge in [0.05, 0.1) is 0 Å². The highest BCUT2D eigenvalue weighted by molar-refractivity contribution is 5.95. The number of nitrogens with zero attached hydrogens (tertiary/aromatic N) is 2. The molecule has 0 radical (unpaired) electrons. The molecule has 2 aliphatic rings. The van der Waals surface area contributed by atoms with E-state index < -0.39 is 29.7 Å². The fraction of sp³-hybridized carbons (Fsp3) is 0.515. The number of benzene rings is 2. The molecule has 10 heteroatoms. The molecule has 1 heterocycles. The molecular formula is C33H44N4O6. The Morgan fingerprint density at radius 3 is 2.07 bits per heavy atom. The first-order valence-corrected chi connectivity index (χ1v) is 15.2. The zero-order chi connectivity index (χ0) is 31.0. The van der Waals surface area contributed by atoms with E-state index >= 15 is 0 Å². The van der Waals surface area contributed by atoms with E-state index in [-0.39, 0.29) is 29.9 Å². The molecule has 4 rings (SSSR count).